The van der Waals surface area contributed by atoms with Crippen molar-refractivity contribution in [3.05, 3.63) is 45.3 Å². The van der Waals surface area contributed by atoms with Crippen LogP contribution in [0.15, 0.2) is 24.3 Å². The van der Waals surface area contributed by atoms with Gasteiger partial charge in [0.05, 0.1) is 34.3 Å². The van der Waals surface area contributed by atoms with Gasteiger partial charge >= 0.3 is 0 Å². The van der Waals surface area contributed by atoms with E-state index in [1.165, 1.54) is 12.1 Å². The fraction of sp³-hybridized carbons (Fsp3) is 0.368. The molecule has 4 N–H and O–H groups in total. The first kappa shape index (κ1) is 19.9. The fourth-order valence-corrected chi connectivity index (χ4v) is 5.28. The molecule has 3 rings (SSSR count). The lowest BCUT2D eigenvalue weighted by Crippen LogP contribution is -2.34. The summed E-state index contributed by atoms with van der Waals surface area (Å²) in [6, 6.07) is 4.09. The van der Waals surface area contributed by atoms with Gasteiger partial charge in [-0.2, -0.15) is 0 Å². The van der Waals surface area contributed by atoms with Crippen molar-refractivity contribution < 1.29 is 40.7 Å². The maximum atomic E-state index is 14.9. The molecule has 7 nitrogen and oxygen atoms in total. The van der Waals surface area contributed by atoms with E-state index in [-0.39, 0.29) is 24.9 Å². The van der Waals surface area contributed by atoms with E-state index in [2.05, 4.69) is 5.32 Å². The number of rotatable bonds is 9. The minimum Gasteiger partial charge on any atom is -0.494 e. The third-order valence-electron chi connectivity index (χ3n) is 4.92. The highest BCUT2D eigenvalue weighted by Crippen LogP contribution is 2.49. The molecule has 0 radical (unpaired) electrons. The molecule has 0 heterocycles. The first-order chi connectivity index (χ1) is 15.7. The van der Waals surface area contributed by atoms with Crippen LogP contribution in [0.3, 0.4) is 0 Å². The van der Waals surface area contributed by atoms with Gasteiger partial charge in [0.25, 0.3) is 0 Å². The second-order valence-electron chi connectivity index (χ2n) is 7.10. The number of ether oxygens (including phenoxy) is 1. The zero-order valence-corrected chi connectivity index (χ0v) is 18.7. The molecular weight excluding hydrogens is 552 g/mol. The molecule has 0 amide bonds. The molecule has 1 unspecified atom stereocenters. The number of hydrogen-bond donors (Lipinski definition) is 4. The first-order valence-electron chi connectivity index (χ1n) is 10.4. The Hall–Kier alpha value is -1.77. The van der Waals surface area contributed by atoms with Gasteiger partial charge in [0, 0.05) is 9.64 Å². The van der Waals surface area contributed by atoms with Crippen molar-refractivity contribution in [2.75, 3.05) is 23.7 Å². The maximum absolute atomic E-state index is 14.9. The van der Waals surface area contributed by atoms with Gasteiger partial charge in [-0.3, -0.25) is 4.72 Å². The van der Waals surface area contributed by atoms with E-state index in [1.807, 2.05) is 27.3 Å². The van der Waals surface area contributed by atoms with Crippen molar-refractivity contribution in [3.63, 3.8) is 0 Å². The second kappa shape index (κ2) is 9.00. The van der Waals surface area contributed by atoms with Crippen LogP contribution in [0, 0.1) is 21.0 Å². The van der Waals surface area contributed by atoms with Gasteiger partial charge in [0.15, 0.2) is 11.6 Å². The van der Waals surface area contributed by atoms with E-state index < -0.39 is 69.1 Å². The Kier molecular flexibility index (Phi) is 5.77. The van der Waals surface area contributed by atoms with Gasteiger partial charge < -0.3 is 20.3 Å². The normalized spacial score (nSPS) is 17.8. The molecule has 0 bridgehead atoms. The van der Waals surface area contributed by atoms with Crippen LogP contribution in [0.25, 0.3) is 0 Å². The summed E-state index contributed by atoms with van der Waals surface area (Å²) in [6.45, 7) is -0.700. The molecule has 1 atom stereocenters. The molecule has 2 aromatic carbocycles. The van der Waals surface area contributed by atoms with Crippen LogP contribution >= 0.6 is 22.6 Å². The van der Waals surface area contributed by atoms with E-state index in [0.29, 0.717) is 9.64 Å². The molecule has 0 aromatic heterocycles. The van der Waals surface area contributed by atoms with Crippen LogP contribution < -0.4 is 14.8 Å². The third kappa shape index (κ3) is 4.86. The summed E-state index contributed by atoms with van der Waals surface area (Å²) >= 11 is 1.82. The molecule has 1 aliphatic carbocycles. The first-order valence-corrected chi connectivity index (χ1v) is 11.5. The van der Waals surface area contributed by atoms with Crippen LogP contribution in [-0.2, 0) is 10.0 Å². The number of benzene rings is 2. The topological polar surface area (TPSA) is 108 Å². The number of nitrogens with one attached hydrogen (secondary N) is 2. The molecule has 0 spiro atoms. The number of hydrogen-bond acceptors (Lipinski definition) is 6. The second-order valence-corrected chi connectivity index (χ2v) is 10.4. The molecule has 2 aromatic rings. The van der Waals surface area contributed by atoms with Crippen molar-refractivity contribution in [3.8, 4) is 5.75 Å². The number of aliphatic hydroxyl groups is 2. The lowest BCUT2D eigenvalue weighted by atomic mass is 10.2. The Morgan fingerprint density at radius 3 is 2.55 bits per heavy atom. The molecule has 1 fully saturated rings. The monoisotopic (exact) mass is 575 g/mol. The van der Waals surface area contributed by atoms with E-state index in [4.69, 9.17) is 14.0 Å². The highest BCUT2D eigenvalue weighted by Gasteiger charge is 2.55. The average Bonchev–Trinajstić information content (AvgIpc) is 3.50. The summed E-state index contributed by atoms with van der Waals surface area (Å²) in [7, 11) is -7.62. The molecule has 170 valence electrons. The number of sulfonamides is 1. The van der Waals surface area contributed by atoms with E-state index >= 15 is 0 Å². The summed E-state index contributed by atoms with van der Waals surface area (Å²) in [5.41, 5.74) is -2.04. The van der Waals surface area contributed by atoms with Crippen molar-refractivity contribution in [1.82, 2.24) is 0 Å². The number of aliphatic hydroxyl groups excluding tert-OH is 2. The van der Waals surface area contributed by atoms with Crippen LogP contribution in [-0.4, -0.2) is 43.1 Å². The zero-order chi connectivity index (χ0) is 25.5. The predicted molar refractivity (Wildman–Crippen MR) is 118 cm³/mol. The number of methoxy groups -OCH3 is 1. The quantitative estimate of drug-likeness (QED) is 0.342. The Morgan fingerprint density at radius 1 is 1.26 bits per heavy atom. The maximum Gasteiger partial charge on any atom is 0.238 e. The minimum atomic E-state index is -4.46. The Morgan fingerprint density at radius 2 is 1.97 bits per heavy atom. The largest absolute Gasteiger partial charge is 0.494 e. The molecular formula is C19H20F3IN2O5S. The predicted octanol–water partition coefficient (Wildman–Crippen LogP) is 3.48. The van der Waals surface area contributed by atoms with Gasteiger partial charge in [0.2, 0.25) is 10.0 Å². The Labute approximate surface area is 195 Å². The molecule has 12 heteroatoms. The smallest absolute Gasteiger partial charge is 0.238 e. The van der Waals surface area contributed by atoms with E-state index in [1.54, 1.807) is 0 Å². The number of halogens is 4. The minimum absolute atomic E-state index is 0.0903. The van der Waals surface area contributed by atoms with Crippen LogP contribution in [0.5, 0.6) is 5.75 Å². The van der Waals surface area contributed by atoms with Crippen molar-refractivity contribution in [1.29, 1.82) is 0 Å². The van der Waals surface area contributed by atoms with Crippen LogP contribution in [0.1, 0.15) is 23.4 Å². The summed E-state index contributed by atoms with van der Waals surface area (Å²) in [5, 5.41) is 21.1. The van der Waals surface area contributed by atoms with Crippen molar-refractivity contribution in [2.24, 2.45) is 0 Å². The molecule has 0 saturated heterocycles. The lowest BCUT2D eigenvalue weighted by molar-refractivity contribution is 0.0858. The van der Waals surface area contributed by atoms with Crippen molar-refractivity contribution >= 4 is 49.7 Å². The summed E-state index contributed by atoms with van der Waals surface area (Å²) < 4.78 is 97.5. The average molecular weight is 575 g/mol. The van der Waals surface area contributed by atoms with Gasteiger partial charge in [-0.1, -0.05) is 0 Å². The van der Waals surface area contributed by atoms with E-state index in [9.17, 15) is 26.7 Å². The highest BCUT2D eigenvalue weighted by molar-refractivity contribution is 14.1. The lowest BCUT2D eigenvalue weighted by Gasteiger charge is -2.23. The SMILES string of the molecule is [2H]C([2H])([2H])Oc1cc(F)c(F)c(Nc2ccc(I)cc2F)c1NS(=O)(=O)C1(CC(O)CO)CC1. The third-order valence-corrected chi connectivity index (χ3v) is 7.78. The summed E-state index contributed by atoms with van der Waals surface area (Å²) in [5.74, 6) is -4.93. The molecule has 31 heavy (non-hydrogen) atoms. The van der Waals surface area contributed by atoms with Gasteiger partial charge in [-0.25, -0.2) is 21.6 Å². The van der Waals surface area contributed by atoms with Crippen LogP contribution in [0.4, 0.5) is 30.2 Å². The number of anilines is 3. The van der Waals surface area contributed by atoms with Gasteiger partial charge in [-0.05, 0) is 60.1 Å². The molecule has 1 saturated carbocycles. The summed E-state index contributed by atoms with van der Waals surface area (Å²) in [4.78, 5) is 0. The molecule has 0 aliphatic heterocycles. The van der Waals surface area contributed by atoms with E-state index in [0.717, 1.165) is 6.07 Å². The standard InChI is InChI=1S/C19H20F3IN2O5S/c1-30-15-7-13(21)16(22)18(24-14-3-2-10(23)6-12(14)20)17(15)25-31(28,29)19(4-5-19)8-11(27)9-26/h2-3,6-7,11,24-27H,4-5,8-9H2,1H3/i1D3. The van der Waals surface area contributed by atoms with Gasteiger partial charge in [0.1, 0.15) is 22.9 Å². The molecule has 1 aliphatic rings. The fourth-order valence-electron chi connectivity index (χ4n) is 3.09. The summed E-state index contributed by atoms with van der Waals surface area (Å²) in [6.07, 6.45) is -1.53. The van der Waals surface area contributed by atoms with Crippen LogP contribution in [0.2, 0.25) is 0 Å². The zero-order valence-electron chi connectivity index (χ0n) is 18.8. The highest BCUT2D eigenvalue weighted by atomic mass is 127. The van der Waals surface area contributed by atoms with Gasteiger partial charge in [-0.15, -0.1) is 0 Å². The Bertz CT molecular complexity index is 1200. The Balaban J connectivity index is 2.13. The van der Waals surface area contributed by atoms with Crippen molar-refractivity contribution in [2.45, 2.75) is 30.1 Å².